The number of aryl methyl sites for hydroxylation is 1. The second-order valence-electron chi connectivity index (χ2n) is 7.13. The fraction of sp³-hybridized carbons (Fsp3) is 0.364. The average molecular weight is 350 g/mol. The fourth-order valence-electron chi connectivity index (χ4n) is 3.36. The van der Waals surface area contributed by atoms with E-state index < -0.39 is 0 Å². The van der Waals surface area contributed by atoms with Crippen molar-refractivity contribution in [3.05, 3.63) is 65.7 Å². The third kappa shape index (κ3) is 4.31. The first-order chi connectivity index (χ1) is 12.5. The number of hydrogen-bond donors (Lipinski definition) is 1. The van der Waals surface area contributed by atoms with Gasteiger partial charge in [-0.2, -0.15) is 0 Å². The molecule has 4 nitrogen and oxygen atoms in total. The number of benzene rings is 2. The summed E-state index contributed by atoms with van der Waals surface area (Å²) < 4.78 is 0. The van der Waals surface area contributed by atoms with E-state index in [1.54, 1.807) is 4.90 Å². The zero-order valence-corrected chi connectivity index (χ0v) is 15.4. The van der Waals surface area contributed by atoms with Gasteiger partial charge >= 0.3 is 0 Å². The minimum Gasteiger partial charge on any atom is -0.356 e. The predicted molar refractivity (Wildman–Crippen MR) is 104 cm³/mol. The van der Waals surface area contributed by atoms with Gasteiger partial charge in [0.05, 0.1) is 5.92 Å². The first-order valence-electron chi connectivity index (χ1n) is 9.24. The van der Waals surface area contributed by atoms with Gasteiger partial charge in [0.2, 0.25) is 11.8 Å². The summed E-state index contributed by atoms with van der Waals surface area (Å²) in [4.78, 5) is 26.5. The zero-order chi connectivity index (χ0) is 18.5. The topological polar surface area (TPSA) is 49.4 Å². The first kappa shape index (κ1) is 18.2. The maximum atomic E-state index is 12.4. The molecule has 0 saturated carbocycles. The molecule has 2 aromatic carbocycles. The predicted octanol–water partition coefficient (Wildman–Crippen LogP) is 3.66. The summed E-state index contributed by atoms with van der Waals surface area (Å²) in [6.45, 7) is 5.27. The maximum absolute atomic E-state index is 12.4. The number of nitrogens with one attached hydrogen (secondary N) is 1. The second-order valence-corrected chi connectivity index (χ2v) is 7.13. The molecule has 2 atom stereocenters. The summed E-state index contributed by atoms with van der Waals surface area (Å²) in [5.74, 6) is 0.126. The van der Waals surface area contributed by atoms with Gasteiger partial charge in [-0.25, -0.2) is 0 Å². The van der Waals surface area contributed by atoms with Crippen molar-refractivity contribution in [2.24, 2.45) is 5.92 Å². The molecule has 1 N–H and O–H groups in total. The molecule has 3 rings (SSSR count). The van der Waals surface area contributed by atoms with Crippen molar-refractivity contribution in [3.63, 3.8) is 0 Å². The van der Waals surface area contributed by atoms with Crippen molar-refractivity contribution in [2.75, 3.05) is 18.0 Å². The number of rotatable bonds is 6. The molecule has 136 valence electrons. The van der Waals surface area contributed by atoms with E-state index in [9.17, 15) is 9.59 Å². The number of anilines is 1. The van der Waals surface area contributed by atoms with Crippen LogP contribution in [0.5, 0.6) is 0 Å². The number of amides is 2. The lowest BCUT2D eigenvalue weighted by Gasteiger charge is -2.17. The number of hydrogen-bond acceptors (Lipinski definition) is 2. The number of carbonyl (C=O) groups is 2. The Balaban J connectivity index is 1.49. The summed E-state index contributed by atoms with van der Waals surface area (Å²) >= 11 is 0. The Hall–Kier alpha value is -2.62. The van der Waals surface area contributed by atoms with Crippen molar-refractivity contribution in [3.8, 4) is 0 Å². The lowest BCUT2D eigenvalue weighted by molar-refractivity contribution is -0.126. The van der Waals surface area contributed by atoms with Crippen LogP contribution in [0.25, 0.3) is 0 Å². The van der Waals surface area contributed by atoms with Crippen LogP contribution in [0.3, 0.4) is 0 Å². The van der Waals surface area contributed by atoms with E-state index in [4.69, 9.17) is 0 Å². The summed E-state index contributed by atoms with van der Waals surface area (Å²) in [6.07, 6.45) is 1.17. The summed E-state index contributed by atoms with van der Waals surface area (Å²) in [5.41, 5.74) is 3.30. The zero-order valence-electron chi connectivity index (χ0n) is 15.4. The average Bonchev–Trinajstić information content (AvgIpc) is 3.05. The van der Waals surface area contributed by atoms with Crippen LogP contribution in [-0.2, 0) is 9.59 Å². The van der Waals surface area contributed by atoms with Crippen molar-refractivity contribution in [1.29, 1.82) is 0 Å². The third-order valence-electron chi connectivity index (χ3n) is 5.09. The SMILES string of the molecule is Cc1ccc(N2CC(C(=O)NCCC(C)c3ccccc3)CC2=O)cc1. The normalized spacial score (nSPS) is 18.0. The van der Waals surface area contributed by atoms with E-state index in [0.29, 0.717) is 19.0 Å². The van der Waals surface area contributed by atoms with Gasteiger partial charge in [-0.15, -0.1) is 0 Å². The molecule has 0 aliphatic carbocycles. The van der Waals surface area contributed by atoms with E-state index in [2.05, 4.69) is 24.4 Å². The third-order valence-corrected chi connectivity index (χ3v) is 5.09. The smallest absolute Gasteiger partial charge is 0.227 e. The van der Waals surface area contributed by atoms with Crippen LogP contribution in [0, 0.1) is 12.8 Å². The minimum atomic E-state index is -0.268. The van der Waals surface area contributed by atoms with E-state index in [0.717, 1.165) is 17.7 Å². The molecule has 1 aliphatic rings. The second kappa shape index (κ2) is 8.17. The molecule has 0 aromatic heterocycles. The largest absolute Gasteiger partial charge is 0.356 e. The monoisotopic (exact) mass is 350 g/mol. The molecule has 2 aromatic rings. The lowest BCUT2D eigenvalue weighted by Crippen LogP contribution is -2.33. The molecule has 2 amide bonds. The van der Waals surface area contributed by atoms with Gasteiger partial charge in [-0.05, 0) is 37.0 Å². The highest BCUT2D eigenvalue weighted by atomic mass is 16.2. The van der Waals surface area contributed by atoms with Crippen LogP contribution in [0.4, 0.5) is 5.69 Å². The number of carbonyl (C=O) groups excluding carboxylic acids is 2. The molecule has 2 unspecified atom stereocenters. The van der Waals surface area contributed by atoms with Gasteiger partial charge in [0.25, 0.3) is 0 Å². The molecule has 0 spiro atoms. The molecule has 4 heteroatoms. The van der Waals surface area contributed by atoms with Gasteiger partial charge in [0.15, 0.2) is 0 Å². The molecule has 1 saturated heterocycles. The molecule has 1 heterocycles. The summed E-state index contributed by atoms with van der Waals surface area (Å²) in [5, 5.41) is 3.01. The number of nitrogens with zero attached hydrogens (tertiary/aromatic N) is 1. The van der Waals surface area contributed by atoms with Crippen LogP contribution in [0.2, 0.25) is 0 Å². The molecular formula is C22H26N2O2. The standard InChI is InChI=1S/C22H26N2O2/c1-16-8-10-20(11-9-16)24-15-19(14-21(24)25)22(26)23-13-12-17(2)18-6-4-3-5-7-18/h3-11,17,19H,12-15H2,1-2H3,(H,23,26). The van der Waals surface area contributed by atoms with Crippen LogP contribution < -0.4 is 10.2 Å². The lowest BCUT2D eigenvalue weighted by atomic mass is 9.98. The Morgan fingerprint density at radius 2 is 1.85 bits per heavy atom. The minimum absolute atomic E-state index is 0.0201. The molecule has 0 bridgehead atoms. The Kier molecular flexibility index (Phi) is 5.71. The van der Waals surface area contributed by atoms with Crippen molar-refractivity contribution < 1.29 is 9.59 Å². The summed E-state index contributed by atoms with van der Waals surface area (Å²) in [7, 11) is 0. The Morgan fingerprint density at radius 3 is 2.54 bits per heavy atom. The molecule has 1 aliphatic heterocycles. The molecule has 26 heavy (non-hydrogen) atoms. The highest BCUT2D eigenvalue weighted by molar-refractivity contribution is 6.00. The van der Waals surface area contributed by atoms with E-state index in [1.807, 2.05) is 49.4 Å². The highest BCUT2D eigenvalue weighted by Crippen LogP contribution is 2.25. The van der Waals surface area contributed by atoms with Crippen molar-refractivity contribution in [1.82, 2.24) is 5.32 Å². The van der Waals surface area contributed by atoms with Gasteiger partial charge in [0.1, 0.15) is 0 Å². The van der Waals surface area contributed by atoms with Crippen molar-refractivity contribution in [2.45, 2.75) is 32.6 Å². The van der Waals surface area contributed by atoms with Gasteiger partial charge in [0, 0.05) is 25.2 Å². The highest BCUT2D eigenvalue weighted by Gasteiger charge is 2.34. The van der Waals surface area contributed by atoms with Crippen LogP contribution >= 0.6 is 0 Å². The maximum Gasteiger partial charge on any atom is 0.227 e. The Bertz CT molecular complexity index is 755. The van der Waals surface area contributed by atoms with Gasteiger partial charge in [-0.1, -0.05) is 55.0 Å². The van der Waals surface area contributed by atoms with Crippen molar-refractivity contribution >= 4 is 17.5 Å². The van der Waals surface area contributed by atoms with E-state index >= 15 is 0 Å². The van der Waals surface area contributed by atoms with Gasteiger partial charge in [-0.3, -0.25) is 9.59 Å². The van der Waals surface area contributed by atoms with E-state index in [-0.39, 0.29) is 24.2 Å². The first-order valence-corrected chi connectivity index (χ1v) is 9.24. The van der Waals surface area contributed by atoms with E-state index in [1.165, 1.54) is 5.56 Å². The van der Waals surface area contributed by atoms with Gasteiger partial charge < -0.3 is 10.2 Å². The molecule has 0 radical (unpaired) electrons. The quantitative estimate of drug-likeness (QED) is 0.864. The van der Waals surface area contributed by atoms with Crippen LogP contribution in [0.1, 0.15) is 36.8 Å². The van der Waals surface area contributed by atoms with Crippen LogP contribution in [-0.4, -0.2) is 24.9 Å². The summed E-state index contributed by atoms with van der Waals surface area (Å²) in [6, 6.07) is 18.2. The van der Waals surface area contributed by atoms with Crippen LogP contribution in [0.15, 0.2) is 54.6 Å². The molecular weight excluding hydrogens is 324 g/mol. The fourth-order valence-corrected chi connectivity index (χ4v) is 3.36. The Labute approximate surface area is 155 Å². The Morgan fingerprint density at radius 1 is 1.15 bits per heavy atom. The molecule has 1 fully saturated rings.